The van der Waals surface area contributed by atoms with Crippen molar-refractivity contribution in [1.29, 1.82) is 0 Å². The van der Waals surface area contributed by atoms with Crippen molar-refractivity contribution in [2.24, 2.45) is 0 Å². The van der Waals surface area contributed by atoms with Gasteiger partial charge in [0, 0.05) is 19.1 Å². The van der Waals surface area contributed by atoms with E-state index in [0.29, 0.717) is 18.9 Å². The van der Waals surface area contributed by atoms with Crippen LogP contribution in [-0.2, 0) is 10.0 Å². The van der Waals surface area contributed by atoms with Gasteiger partial charge in [0.05, 0.1) is 11.3 Å². The van der Waals surface area contributed by atoms with Crippen LogP contribution < -0.4 is 4.72 Å². The van der Waals surface area contributed by atoms with Gasteiger partial charge in [-0.25, -0.2) is 18.1 Å². The molecule has 126 valence electrons. The van der Waals surface area contributed by atoms with Crippen LogP contribution in [0.2, 0.25) is 0 Å². The Bertz CT molecular complexity index is 752. The second-order valence-electron chi connectivity index (χ2n) is 6.42. The van der Waals surface area contributed by atoms with Crippen molar-refractivity contribution >= 4 is 21.1 Å². The van der Waals surface area contributed by atoms with Crippen molar-refractivity contribution in [3.63, 3.8) is 0 Å². The van der Waals surface area contributed by atoms with Crippen LogP contribution >= 0.6 is 0 Å². The Hall–Kier alpha value is -1.44. The predicted molar refractivity (Wildman–Crippen MR) is 89.6 cm³/mol. The van der Waals surface area contributed by atoms with Crippen LogP contribution in [0.3, 0.4) is 0 Å². The molecule has 0 spiro atoms. The highest BCUT2D eigenvalue weighted by atomic mass is 32.2. The van der Waals surface area contributed by atoms with Crippen LogP contribution in [0.1, 0.15) is 39.1 Å². The third-order valence-corrected chi connectivity index (χ3v) is 6.29. The molecule has 2 aromatic rings. The molecule has 1 aliphatic heterocycles. The Balaban J connectivity index is 1.73. The lowest BCUT2D eigenvalue weighted by Gasteiger charge is -2.21. The summed E-state index contributed by atoms with van der Waals surface area (Å²) in [6, 6.07) is 7.53. The summed E-state index contributed by atoms with van der Waals surface area (Å²) in [7, 11) is -3.28. The first-order chi connectivity index (χ1) is 10.9. The number of hydrogen-bond acceptors (Lipinski definition) is 5. The molecule has 3 rings (SSSR count). The summed E-state index contributed by atoms with van der Waals surface area (Å²) in [5.74, 6) is 0.640. The number of sulfonamides is 1. The molecule has 2 heterocycles. The van der Waals surface area contributed by atoms with E-state index in [0.717, 1.165) is 17.6 Å². The molecule has 0 radical (unpaired) electrons. The molecule has 0 amide bonds. The maximum atomic E-state index is 12.3. The van der Waals surface area contributed by atoms with E-state index < -0.39 is 10.0 Å². The van der Waals surface area contributed by atoms with Gasteiger partial charge in [0.1, 0.15) is 5.52 Å². The highest BCUT2D eigenvalue weighted by Crippen LogP contribution is 2.28. The quantitative estimate of drug-likeness (QED) is 0.906. The van der Waals surface area contributed by atoms with Crippen LogP contribution in [-0.4, -0.2) is 42.7 Å². The summed E-state index contributed by atoms with van der Waals surface area (Å²) in [6.07, 6.45) is 0.632. The molecule has 6 nitrogen and oxygen atoms in total. The summed E-state index contributed by atoms with van der Waals surface area (Å²) in [6.45, 7) is 6.91. The molecule has 0 saturated carbocycles. The van der Waals surface area contributed by atoms with E-state index in [1.54, 1.807) is 0 Å². The number of likely N-dealkylation sites (tertiary alicyclic amines) is 1. The number of nitrogens with one attached hydrogen (secondary N) is 1. The highest BCUT2D eigenvalue weighted by Gasteiger charge is 2.36. The summed E-state index contributed by atoms with van der Waals surface area (Å²) < 4.78 is 33.1. The van der Waals surface area contributed by atoms with Crippen LogP contribution in [0, 0.1) is 0 Å². The standard InChI is InChI=1S/C16H23N3O3S/c1-11(2)18-23(20,21)13-8-9-19(10-13)12(3)16-17-14-6-4-5-7-15(14)22-16/h4-7,11-13,18H,8-10H2,1-3H3/t12-,13-/m1/s1. The minimum Gasteiger partial charge on any atom is -0.439 e. The zero-order chi connectivity index (χ0) is 16.6. The van der Waals surface area contributed by atoms with Crippen LogP contribution in [0.25, 0.3) is 11.1 Å². The third kappa shape index (κ3) is 3.41. The molecule has 2 atom stereocenters. The van der Waals surface area contributed by atoms with Crippen molar-refractivity contribution in [1.82, 2.24) is 14.6 Å². The van der Waals surface area contributed by atoms with Crippen molar-refractivity contribution in [3.05, 3.63) is 30.2 Å². The monoisotopic (exact) mass is 337 g/mol. The molecule has 1 saturated heterocycles. The fourth-order valence-corrected chi connectivity index (χ4v) is 4.66. The van der Waals surface area contributed by atoms with Crippen molar-refractivity contribution in [3.8, 4) is 0 Å². The zero-order valence-corrected chi connectivity index (χ0v) is 14.5. The topological polar surface area (TPSA) is 75.4 Å². The van der Waals surface area contributed by atoms with E-state index in [1.807, 2.05) is 45.0 Å². The van der Waals surface area contributed by atoms with E-state index in [9.17, 15) is 8.42 Å². The number of hydrogen-bond donors (Lipinski definition) is 1. The fourth-order valence-electron chi connectivity index (χ4n) is 3.01. The number of aromatic nitrogens is 1. The molecule has 1 N–H and O–H groups in total. The average Bonchev–Trinajstić information content (AvgIpc) is 3.12. The van der Waals surface area contributed by atoms with Gasteiger partial charge in [-0.15, -0.1) is 0 Å². The van der Waals surface area contributed by atoms with Gasteiger partial charge in [0.2, 0.25) is 15.9 Å². The maximum Gasteiger partial charge on any atom is 0.216 e. The largest absolute Gasteiger partial charge is 0.439 e. The van der Waals surface area contributed by atoms with E-state index in [1.165, 1.54) is 0 Å². The molecule has 0 unspecified atom stereocenters. The van der Waals surface area contributed by atoms with Crippen molar-refractivity contribution < 1.29 is 12.8 Å². The summed E-state index contributed by atoms with van der Waals surface area (Å²) in [5.41, 5.74) is 1.60. The van der Waals surface area contributed by atoms with E-state index >= 15 is 0 Å². The van der Waals surface area contributed by atoms with Gasteiger partial charge in [-0.05, 0) is 39.3 Å². The first-order valence-electron chi connectivity index (χ1n) is 7.97. The Morgan fingerprint density at radius 3 is 2.74 bits per heavy atom. The van der Waals surface area contributed by atoms with Gasteiger partial charge >= 0.3 is 0 Å². The summed E-state index contributed by atoms with van der Waals surface area (Å²) in [4.78, 5) is 6.64. The number of oxazole rings is 1. The Morgan fingerprint density at radius 2 is 2.04 bits per heavy atom. The minimum absolute atomic E-state index is 0.0401. The zero-order valence-electron chi connectivity index (χ0n) is 13.7. The normalized spacial score (nSPS) is 21.3. The first-order valence-corrected chi connectivity index (χ1v) is 9.52. The van der Waals surface area contributed by atoms with Crippen molar-refractivity contribution in [2.45, 2.75) is 44.5 Å². The van der Waals surface area contributed by atoms with E-state index in [4.69, 9.17) is 4.42 Å². The number of para-hydroxylation sites is 2. The number of nitrogens with zero attached hydrogens (tertiary/aromatic N) is 2. The SMILES string of the molecule is CC(C)NS(=O)(=O)[C@@H]1CCN([C@H](C)c2nc3ccccc3o2)C1. The van der Waals surface area contributed by atoms with Crippen LogP contribution in [0.15, 0.2) is 28.7 Å². The second-order valence-corrected chi connectivity index (χ2v) is 8.41. The average molecular weight is 337 g/mol. The van der Waals surface area contributed by atoms with Gasteiger partial charge < -0.3 is 4.42 Å². The Labute approximate surface area is 136 Å². The Kier molecular flexibility index (Phi) is 4.44. The fraction of sp³-hybridized carbons (Fsp3) is 0.562. The molecule has 1 aliphatic rings. The number of benzene rings is 1. The molecule has 1 aromatic heterocycles. The molecule has 0 bridgehead atoms. The lowest BCUT2D eigenvalue weighted by molar-refractivity contribution is 0.228. The van der Waals surface area contributed by atoms with Gasteiger partial charge in [-0.2, -0.15) is 0 Å². The minimum atomic E-state index is -3.28. The van der Waals surface area contributed by atoms with Crippen LogP contribution in [0.4, 0.5) is 0 Å². The Morgan fingerprint density at radius 1 is 1.30 bits per heavy atom. The third-order valence-electron chi connectivity index (χ3n) is 4.23. The summed E-state index contributed by atoms with van der Waals surface area (Å²) >= 11 is 0. The van der Waals surface area contributed by atoms with Gasteiger partial charge in [0.25, 0.3) is 0 Å². The molecule has 23 heavy (non-hydrogen) atoms. The molecule has 0 aliphatic carbocycles. The lowest BCUT2D eigenvalue weighted by Crippen LogP contribution is -2.40. The van der Waals surface area contributed by atoms with Crippen LogP contribution in [0.5, 0.6) is 0 Å². The second kappa shape index (κ2) is 6.22. The van der Waals surface area contributed by atoms with Gasteiger partial charge in [-0.3, -0.25) is 4.90 Å². The number of rotatable bonds is 5. The smallest absolute Gasteiger partial charge is 0.216 e. The molecule has 7 heteroatoms. The molecular weight excluding hydrogens is 314 g/mol. The highest BCUT2D eigenvalue weighted by molar-refractivity contribution is 7.90. The van der Waals surface area contributed by atoms with E-state index in [2.05, 4.69) is 14.6 Å². The van der Waals surface area contributed by atoms with Gasteiger partial charge in [-0.1, -0.05) is 12.1 Å². The maximum absolute atomic E-state index is 12.3. The predicted octanol–water partition coefficient (Wildman–Crippen LogP) is 2.29. The summed E-state index contributed by atoms with van der Waals surface area (Å²) in [5, 5.41) is -0.378. The first kappa shape index (κ1) is 16.4. The van der Waals surface area contributed by atoms with E-state index in [-0.39, 0.29) is 17.3 Å². The molecular formula is C16H23N3O3S. The molecule has 1 fully saturated rings. The molecule has 1 aromatic carbocycles. The number of fused-ring (bicyclic) bond motifs is 1. The lowest BCUT2D eigenvalue weighted by atomic mass is 10.3. The van der Waals surface area contributed by atoms with Gasteiger partial charge in [0.15, 0.2) is 5.58 Å². The van der Waals surface area contributed by atoms with Crippen molar-refractivity contribution in [2.75, 3.05) is 13.1 Å².